The highest BCUT2D eigenvalue weighted by atomic mass is 79.9. The first-order chi connectivity index (χ1) is 16.2. The number of anilines is 2. The highest BCUT2D eigenvalue weighted by Gasteiger charge is 2.13. The minimum Gasteiger partial charge on any atom is -0.398 e. The number of nitrogens with two attached hydrogens (primary N) is 2. The fourth-order valence-electron chi connectivity index (χ4n) is 3.66. The van der Waals surface area contributed by atoms with E-state index < -0.39 is 0 Å². The summed E-state index contributed by atoms with van der Waals surface area (Å²) < 4.78 is 1.92. The van der Waals surface area contributed by atoms with E-state index in [4.69, 9.17) is 11.5 Å². The molecule has 0 atom stereocenters. The molecule has 0 unspecified atom stereocenters. The van der Waals surface area contributed by atoms with Crippen molar-refractivity contribution in [3.05, 3.63) is 105 Å². The van der Waals surface area contributed by atoms with E-state index in [9.17, 15) is 0 Å². The largest absolute Gasteiger partial charge is 0.398 e. The van der Waals surface area contributed by atoms with Crippen molar-refractivity contribution < 1.29 is 0 Å². The Labute approximate surface area is 220 Å². The quantitative estimate of drug-likeness (QED) is 0.236. The van der Waals surface area contributed by atoms with Gasteiger partial charge in [-0.15, -0.1) is 0 Å². The van der Waals surface area contributed by atoms with Gasteiger partial charge in [-0.25, -0.2) is 0 Å². The van der Waals surface area contributed by atoms with Gasteiger partial charge in [0.15, 0.2) is 0 Å². The summed E-state index contributed by atoms with van der Waals surface area (Å²) in [4.78, 5) is 0. The third-order valence-electron chi connectivity index (χ3n) is 5.81. The molecular formula is C30H32Br2N2. The molecule has 0 radical (unpaired) electrons. The standard InChI is InChI=1S/C21H21N.C9H11Br2N/c1-15(2)18-13-19(16-9-5-3-6-10-16)21(22)20(14-18)17-11-7-4-8-12-17;1-5(2)6-3-7(10)9(12)8(11)4-6/h3-15H,22H2,1-2H3;3-5H,12H2,1-2H3. The fourth-order valence-corrected chi connectivity index (χ4v) is 4.88. The van der Waals surface area contributed by atoms with E-state index in [1.165, 1.54) is 22.3 Å². The molecule has 0 aromatic heterocycles. The van der Waals surface area contributed by atoms with Gasteiger partial charge in [0.1, 0.15) is 0 Å². The molecule has 4 rings (SSSR count). The number of rotatable bonds is 4. The van der Waals surface area contributed by atoms with E-state index in [-0.39, 0.29) is 0 Å². The molecule has 0 fully saturated rings. The van der Waals surface area contributed by atoms with Crippen molar-refractivity contribution in [2.75, 3.05) is 11.5 Å². The first-order valence-corrected chi connectivity index (χ1v) is 13.1. The summed E-state index contributed by atoms with van der Waals surface area (Å²) in [6, 6.07) is 29.3. The average molecular weight is 580 g/mol. The SMILES string of the molecule is CC(C)c1cc(-c2ccccc2)c(N)c(-c2ccccc2)c1.CC(C)c1cc(Br)c(N)c(Br)c1. The Morgan fingerprint density at radius 1 is 0.529 bits per heavy atom. The van der Waals surface area contributed by atoms with Gasteiger partial charge in [0.25, 0.3) is 0 Å². The van der Waals surface area contributed by atoms with Gasteiger partial charge in [-0.1, -0.05) is 88.4 Å². The molecule has 176 valence electrons. The van der Waals surface area contributed by atoms with Crippen LogP contribution in [0.15, 0.2) is 93.9 Å². The van der Waals surface area contributed by atoms with Crippen LogP contribution in [0.1, 0.15) is 50.7 Å². The molecule has 0 saturated heterocycles. The molecule has 0 saturated carbocycles. The monoisotopic (exact) mass is 578 g/mol. The number of halogens is 2. The summed E-state index contributed by atoms with van der Waals surface area (Å²) in [5.74, 6) is 0.990. The maximum atomic E-state index is 6.52. The minimum atomic E-state index is 0.463. The lowest BCUT2D eigenvalue weighted by atomic mass is 9.90. The van der Waals surface area contributed by atoms with Crippen LogP contribution in [0.2, 0.25) is 0 Å². The van der Waals surface area contributed by atoms with Crippen LogP contribution < -0.4 is 11.5 Å². The summed E-state index contributed by atoms with van der Waals surface area (Å²) in [6.07, 6.45) is 0. The van der Waals surface area contributed by atoms with Crippen LogP contribution in [-0.2, 0) is 0 Å². The van der Waals surface area contributed by atoms with Crippen molar-refractivity contribution in [3.8, 4) is 22.3 Å². The van der Waals surface area contributed by atoms with Gasteiger partial charge in [0.05, 0.1) is 5.69 Å². The van der Waals surface area contributed by atoms with Crippen molar-refractivity contribution >= 4 is 43.2 Å². The average Bonchev–Trinajstić information content (AvgIpc) is 2.83. The van der Waals surface area contributed by atoms with Gasteiger partial charge in [-0.05, 0) is 90.2 Å². The van der Waals surface area contributed by atoms with E-state index in [1.54, 1.807) is 0 Å². The second-order valence-electron chi connectivity index (χ2n) is 8.97. The highest BCUT2D eigenvalue weighted by molar-refractivity contribution is 9.11. The lowest BCUT2D eigenvalue weighted by Gasteiger charge is -2.16. The normalized spacial score (nSPS) is 10.8. The maximum absolute atomic E-state index is 6.52. The molecule has 0 aliphatic carbocycles. The Bertz CT molecular complexity index is 1150. The summed E-state index contributed by atoms with van der Waals surface area (Å²) in [7, 11) is 0. The van der Waals surface area contributed by atoms with Gasteiger partial charge in [0, 0.05) is 25.8 Å². The van der Waals surface area contributed by atoms with E-state index in [1.807, 2.05) is 12.1 Å². The zero-order chi connectivity index (χ0) is 24.8. The molecule has 0 heterocycles. The smallest absolute Gasteiger partial charge is 0.0603 e. The number of benzene rings is 4. The second kappa shape index (κ2) is 11.7. The Morgan fingerprint density at radius 3 is 1.24 bits per heavy atom. The summed E-state index contributed by atoms with van der Waals surface area (Å²) in [6.45, 7) is 8.75. The van der Waals surface area contributed by atoms with E-state index in [2.05, 4.69) is 132 Å². The molecule has 2 nitrogen and oxygen atoms in total. The zero-order valence-electron chi connectivity index (χ0n) is 20.1. The summed E-state index contributed by atoms with van der Waals surface area (Å²) in [5.41, 5.74) is 21.0. The number of hydrogen-bond donors (Lipinski definition) is 2. The topological polar surface area (TPSA) is 52.0 Å². The van der Waals surface area contributed by atoms with Gasteiger partial charge >= 0.3 is 0 Å². The lowest BCUT2D eigenvalue weighted by molar-refractivity contribution is 0.865. The molecule has 4 N–H and O–H groups in total. The van der Waals surface area contributed by atoms with Crippen molar-refractivity contribution in [1.29, 1.82) is 0 Å². The molecule has 34 heavy (non-hydrogen) atoms. The van der Waals surface area contributed by atoms with Crippen molar-refractivity contribution in [3.63, 3.8) is 0 Å². The number of hydrogen-bond acceptors (Lipinski definition) is 2. The molecule has 4 aromatic carbocycles. The van der Waals surface area contributed by atoms with Crippen LogP contribution in [0.5, 0.6) is 0 Å². The molecule has 0 aliphatic rings. The number of nitrogen functional groups attached to an aromatic ring is 2. The molecule has 0 aliphatic heterocycles. The first kappa shape index (κ1) is 26.1. The second-order valence-corrected chi connectivity index (χ2v) is 10.7. The third kappa shape index (κ3) is 6.31. The molecule has 4 aromatic rings. The molecule has 0 spiro atoms. The highest BCUT2D eigenvalue weighted by Crippen LogP contribution is 2.38. The summed E-state index contributed by atoms with van der Waals surface area (Å²) >= 11 is 6.82. The van der Waals surface area contributed by atoms with Crippen LogP contribution in [-0.4, -0.2) is 0 Å². The Hall–Kier alpha value is -2.56. The fraction of sp³-hybridized carbons (Fsp3) is 0.200. The van der Waals surface area contributed by atoms with Gasteiger partial charge in [-0.2, -0.15) is 0 Å². The Kier molecular flexibility index (Phi) is 8.98. The van der Waals surface area contributed by atoms with E-state index in [0.717, 1.165) is 31.4 Å². The van der Waals surface area contributed by atoms with Crippen LogP contribution >= 0.6 is 31.9 Å². The predicted molar refractivity (Wildman–Crippen MR) is 156 cm³/mol. The van der Waals surface area contributed by atoms with E-state index >= 15 is 0 Å². The van der Waals surface area contributed by atoms with Crippen LogP contribution in [0.3, 0.4) is 0 Å². The van der Waals surface area contributed by atoms with Crippen LogP contribution in [0, 0.1) is 0 Å². The first-order valence-electron chi connectivity index (χ1n) is 11.5. The van der Waals surface area contributed by atoms with Gasteiger partial charge in [0.2, 0.25) is 0 Å². The Morgan fingerprint density at radius 2 is 0.882 bits per heavy atom. The lowest BCUT2D eigenvalue weighted by Crippen LogP contribution is -1.98. The Balaban J connectivity index is 0.000000229. The van der Waals surface area contributed by atoms with Crippen LogP contribution in [0.25, 0.3) is 22.3 Å². The van der Waals surface area contributed by atoms with Crippen molar-refractivity contribution in [2.45, 2.75) is 39.5 Å². The maximum Gasteiger partial charge on any atom is 0.0603 e. The molecule has 0 amide bonds. The van der Waals surface area contributed by atoms with Crippen molar-refractivity contribution in [2.24, 2.45) is 0 Å². The molecular weight excluding hydrogens is 548 g/mol. The predicted octanol–water partition coefficient (Wildman–Crippen LogP) is 9.64. The van der Waals surface area contributed by atoms with Gasteiger partial charge in [-0.3, -0.25) is 0 Å². The van der Waals surface area contributed by atoms with Crippen LogP contribution in [0.4, 0.5) is 11.4 Å². The van der Waals surface area contributed by atoms with Crippen molar-refractivity contribution in [1.82, 2.24) is 0 Å². The zero-order valence-corrected chi connectivity index (χ0v) is 23.3. The van der Waals surface area contributed by atoms with Gasteiger partial charge < -0.3 is 11.5 Å². The van der Waals surface area contributed by atoms with E-state index in [0.29, 0.717) is 11.8 Å². The third-order valence-corrected chi connectivity index (χ3v) is 7.12. The minimum absolute atomic E-state index is 0.463. The molecule has 4 heteroatoms. The summed E-state index contributed by atoms with van der Waals surface area (Å²) in [5, 5.41) is 0. The molecule has 0 bridgehead atoms.